The molecule has 1 aliphatic heterocycles. The molecule has 6 nitrogen and oxygen atoms in total. The lowest BCUT2D eigenvalue weighted by molar-refractivity contribution is -0.122. The predicted octanol–water partition coefficient (Wildman–Crippen LogP) is 4.83. The van der Waals surface area contributed by atoms with Gasteiger partial charge in [-0.1, -0.05) is 30.7 Å². The number of nitrogens with zero attached hydrogens (tertiary/aromatic N) is 2. The molecule has 162 valence electrons. The summed E-state index contributed by atoms with van der Waals surface area (Å²) >= 11 is 0. The van der Waals surface area contributed by atoms with Gasteiger partial charge in [0.05, 0.1) is 34.3 Å². The number of benzene rings is 2. The monoisotopic (exact) mass is 428 g/mol. The van der Waals surface area contributed by atoms with E-state index in [2.05, 4.69) is 11.9 Å². The number of imide groups is 1. The van der Waals surface area contributed by atoms with Crippen LogP contribution in [-0.2, 0) is 9.59 Å². The summed E-state index contributed by atoms with van der Waals surface area (Å²) in [4.78, 5) is 43.7. The molecular formula is C26H24N2O4. The Morgan fingerprint density at radius 3 is 2.44 bits per heavy atom. The fraction of sp³-hybridized carbons (Fsp3) is 0.308. The number of aryl methyl sites for hydroxylation is 1. The van der Waals surface area contributed by atoms with Crippen molar-refractivity contribution < 1.29 is 19.5 Å². The molecule has 2 amide bonds. The number of anilines is 1. The largest absolute Gasteiger partial charge is 0.478 e. The highest BCUT2D eigenvalue weighted by molar-refractivity contribution is 6.22. The van der Waals surface area contributed by atoms with E-state index in [1.54, 1.807) is 30.3 Å². The highest BCUT2D eigenvalue weighted by Gasteiger charge is 2.49. The maximum atomic E-state index is 13.0. The standard InChI is InChI=1S/C26H24N2O4/c1-14-3-9-18-20(12-14)25(30)28(24(18)29)17-7-5-16(6-8-17)23-13-21(26(31)32)19-11-15(2)4-10-22(19)27-23/h4-8,10-11,13-14,18,20H,3,9,12H2,1-2H3,(H,31,32). The molecule has 1 saturated heterocycles. The molecule has 1 N–H and O–H groups in total. The van der Waals surface area contributed by atoms with Gasteiger partial charge in [0.15, 0.2) is 0 Å². The van der Waals surface area contributed by atoms with Crippen LogP contribution in [0, 0.1) is 24.7 Å². The lowest BCUT2D eigenvalue weighted by atomic mass is 9.76. The Morgan fingerprint density at radius 2 is 1.72 bits per heavy atom. The van der Waals surface area contributed by atoms with Crippen molar-refractivity contribution in [3.05, 3.63) is 59.7 Å². The Labute approximate surface area is 185 Å². The fourth-order valence-electron chi connectivity index (χ4n) is 5.09. The minimum Gasteiger partial charge on any atom is -0.478 e. The number of aromatic carboxylic acids is 1. The third-order valence-corrected chi connectivity index (χ3v) is 6.80. The molecule has 2 aromatic carbocycles. The number of amides is 2. The molecule has 1 saturated carbocycles. The smallest absolute Gasteiger partial charge is 0.336 e. The molecule has 3 unspecified atom stereocenters. The summed E-state index contributed by atoms with van der Waals surface area (Å²) in [6, 6.07) is 14.2. The second-order valence-electron chi connectivity index (χ2n) is 9.07. The summed E-state index contributed by atoms with van der Waals surface area (Å²) in [5, 5.41) is 10.3. The Hall–Kier alpha value is -3.54. The van der Waals surface area contributed by atoms with Crippen LogP contribution in [0.4, 0.5) is 5.69 Å². The van der Waals surface area contributed by atoms with Crippen molar-refractivity contribution in [1.29, 1.82) is 0 Å². The molecule has 5 rings (SSSR count). The van der Waals surface area contributed by atoms with Gasteiger partial charge >= 0.3 is 5.97 Å². The topological polar surface area (TPSA) is 87.6 Å². The van der Waals surface area contributed by atoms with E-state index in [1.165, 1.54) is 4.90 Å². The molecule has 2 fully saturated rings. The lowest BCUT2D eigenvalue weighted by Crippen LogP contribution is -2.30. The van der Waals surface area contributed by atoms with E-state index in [1.807, 2.05) is 25.1 Å². The highest BCUT2D eigenvalue weighted by Crippen LogP contribution is 2.42. The van der Waals surface area contributed by atoms with Gasteiger partial charge < -0.3 is 5.11 Å². The average molecular weight is 428 g/mol. The minimum atomic E-state index is -1.01. The quantitative estimate of drug-likeness (QED) is 0.604. The third kappa shape index (κ3) is 3.27. The van der Waals surface area contributed by atoms with E-state index >= 15 is 0 Å². The summed E-state index contributed by atoms with van der Waals surface area (Å²) in [7, 11) is 0. The van der Waals surface area contributed by atoms with Gasteiger partial charge in [-0.25, -0.2) is 9.78 Å². The number of pyridine rings is 1. The van der Waals surface area contributed by atoms with E-state index in [9.17, 15) is 19.5 Å². The number of hydrogen-bond donors (Lipinski definition) is 1. The first kappa shape index (κ1) is 20.4. The van der Waals surface area contributed by atoms with Gasteiger partial charge in [-0.2, -0.15) is 0 Å². The van der Waals surface area contributed by atoms with Gasteiger partial charge in [-0.05, 0) is 62.4 Å². The first-order valence-electron chi connectivity index (χ1n) is 11.0. The van der Waals surface area contributed by atoms with E-state index in [0.29, 0.717) is 28.2 Å². The van der Waals surface area contributed by atoms with Crippen molar-refractivity contribution in [3.8, 4) is 11.3 Å². The summed E-state index contributed by atoms with van der Waals surface area (Å²) in [5.41, 5.74) is 3.59. The summed E-state index contributed by atoms with van der Waals surface area (Å²) < 4.78 is 0. The molecule has 0 spiro atoms. The van der Waals surface area contributed by atoms with E-state index in [-0.39, 0.29) is 29.2 Å². The molecule has 1 aromatic heterocycles. The van der Waals surface area contributed by atoms with Crippen molar-refractivity contribution in [2.45, 2.75) is 33.1 Å². The Morgan fingerprint density at radius 1 is 1.00 bits per heavy atom. The van der Waals surface area contributed by atoms with Crippen LogP contribution in [0.2, 0.25) is 0 Å². The zero-order valence-corrected chi connectivity index (χ0v) is 18.0. The van der Waals surface area contributed by atoms with Crippen molar-refractivity contribution in [2.24, 2.45) is 17.8 Å². The third-order valence-electron chi connectivity index (χ3n) is 6.80. The van der Waals surface area contributed by atoms with Gasteiger partial charge in [0.25, 0.3) is 0 Å². The summed E-state index contributed by atoms with van der Waals surface area (Å²) in [5.74, 6) is -1.18. The van der Waals surface area contributed by atoms with E-state index in [0.717, 1.165) is 30.4 Å². The number of rotatable bonds is 3. The number of carbonyl (C=O) groups is 3. The molecule has 32 heavy (non-hydrogen) atoms. The van der Waals surface area contributed by atoms with Crippen LogP contribution in [0.15, 0.2) is 48.5 Å². The van der Waals surface area contributed by atoms with Crippen LogP contribution >= 0.6 is 0 Å². The predicted molar refractivity (Wildman–Crippen MR) is 121 cm³/mol. The van der Waals surface area contributed by atoms with Crippen LogP contribution in [0.25, 0.3) is 22.2 Å². The number of carboxylic acid groups (broad SMARTS) is 1. The van der Waals surface area contributed by atoms with Gasteiger partial charge in [0.1, 0.15) is 0 Å². The number of hydrogen-bond acceptors (Lipinski definition) is 4. The number of aromatic nitrogens is 1. The van der Waals surface area contributed by atoms with Crippen LogP contribution < -0.4 is 4.90 Å². The van der Waals surface area contributed by atoms with Crippen molar-refractivity contribution >= 4 is 34.4 Å². The fourth-order valence-corrected chi connectivity index (χ4v) is 5.09. The maximum absolute atomic E-state index is 13.0. The van der Waals surface area contributed by atoms with Gasteiger partial charge in [0, 0.05) is 10.9 Å². The molecule has 3 atom stereocenters. The van der Waals surface area contributed by atoms with Gasteiger partial charge in [-0.3, -0.25) is 14.5 Å². The first-order valence-corrected chi connectivity index (χ1v) is 11.0. The second kappa shape index (κ2) is 7.55. The summed E-state index contributed by atoms with van der Waals surface area (Å²) in [6.45, 7) is 4.05. The normalized spacial score (nSPS) is 22.9. The Balaban J connectivity index is 1.50. The Kier molecular flexibility index (Phi) is 4.81. The first-order chi connectivity index (χ1) is 15.3. The number of fused-ring (bicyclic) bond motifs is 2. The SMILES string of the molecule is Cc1ccc2nc(-c3ccc(N4C(=O)C5CCC(C)CC5C4=O)cc3)cc(C(=O)O)c2c1. The summed E-state index contributed by atoms with van der Waals surface area (Å²) in [6.07, 6.45) is 2.51. The van der Waals surface area contributed by atoms with Crippen molar-refractivity contribution in [2.75, 3.05) is 4.90 Å². The highest BCUT2D eigenvalue weighted by atomic mass is 16.4. The molecule has 2 aliphatic rings. The zero-order valence-electron chi connectivity index (χ0n) is 18.0. The van der Waals surface area contributed by atoms with Crippen LogP contribution in [0.5, 0.6) is 0 Å². The van der Waals surface area contributed by atoms with Crippen molar-refractivity contribution in [1.82, 2.24) is 4.98 Å². The van der Waals surface area contributed by atoms with Crippen LogP contribution in [0.1, 0.15) is 42.1 Å². The van der Waals surface area contributed by atoms with Crippen molar-refractivity contribution in [3.63, 3.8) is 0 Å². The van der Waals surface area contributed by atoms with Crippen LogP contribution in [0.3, 0.4) is 0 Å². The average Bonchev–Trinajstić information content (AvgIpc) is 3.02. The number of carboxylic acids is 1. The molecule has 1 aliphatic carbocycles. The second-order valence-corrected chi connectivity index (χ2v) is 9.07. The van der Waals surface area contributed by atoms with E-state index in [4.69, 9.17) is 0 Å². The molecule has 0 radical (unpaired) electrons. The lowest BCUT2D eigenvalue weighted by Gasteiger charge is -2.25. The molecule has 6 heteroatoms. The zero-order chi connectivity index (χ0) is 22.6. The number of carbonyl (C=O) groups excluding carboxylic acids is 2. The molecule has 0 bridgehead atoms. The van der Waals surface area contributed by atoms with Gasteiger partial charge in [-0.15, -0.1) is 0 Å². The minimum absolute atomic E-state index is 0.105. The maximum Gasteiger partial charge on any atom is 0.336 e. The Bertz CT molecular complexity index is 1260. The van der Waals surface area contributed by atoms with Gasteiger partial charge in [0.2, 0.25) is 11.8 Å². The molecule has 2 heterocycles. The van der Waals surface area contributed by atoms with E-state index < -0.39 is 5.97 Å². The van der Waals surface area contributed by atoms with Crippen LogP contribution in [-0.4, -0.2) is 27.9 Å². The molecule has 3 aromatic rings. The molecular weight excluding hydrogens is 404 g/mol.